The van der Waals surface area contributed by atoms with Crippen LogP contribution in [-0.2, 0) is 38.8 Å². The minimum atomic E-state index is -1.13. The van der Waals surface area contributed by atoms with Crippen LogP contribution in [0.25, 0.3) is 0 Å². The molecule has 3 aromatic rings. The van der Waals surface area contributed by atoms with E-state index in [-0.39, 0.29) is 26.4 Å². The zero-order valence-electron chi connectivity index (χ0n) is 21.6. The fourth-order valence-electron chi connectivity index (χ4n) is 4.55. The first-order chi connectivity index (χ1) is 18.6. The van der Waals surface area contributed by atoms with Gasteiger partial charge >= 0.3 is 0 Å². The number of hydrogen-bond acceptors (Lipinski definition) is 7. The van der Waals surface area contributed by atoms with Gasteiger partial charge in [-0.2, -0.15) is 0 Å². The van der Waals surface area contributed by atoms with Crippen LogP contribution in [-0.4, -0.2) is 60.6 Å². The van der Waals surface area contributed by atoms with Gasteiger partial charge in [0.2, 0.25) is 0 Å². The van der Waals surface area contributed by atoms with Crippen LogP contribution >= 0.6 is 0 Å². The van der Waals surface area contributed by atoms with Crippen molar-refractivity contribution in [2.75, 3.05) is 13.7 Å². The predicted octanol–water partition coefficient (Wildman–Crippen LogP) is 4.06. The number of ether oxygens (including phenoxy) is 5. The van der Waals surface area contributed by atoms with E-state index in [1.54, 1.807) is 13.2 Å². The van der Waals surface area contributed by atoms with Crippen molar-refractivity contribution >= 4 is 0 Å². The van der Waals surface area contributed by atoms with E-state index < -0.39 is 36.6 Å². The third-order valence-corrected chi connectivity index (χ3v) is 6.57. The summed E-state index contributed by atoms with van der Waals surface area (Å²) in [6.07, 6.45) is -4.11. The molecule has 4 rings (SSSR count). The minimum Gasteiger partial charge on any atom is -0.497 e. The van der Waals surface area contributed by atoms with Crippen molar-refractivity contribution in [3.05, 3.63) is 114 Å². The van der Waals surface area contributed by atoms with Crippen LogP contribution in [0.2, 0.25) is 0 Å². The molecule has 6 atom stereocenters. The molecule has 38 heavy (non-hydrogen) atoms. The molecule has 0 unspecified atom stereocenters. The molecule has 1 aliphatic carbocycles. The highest BCUT2D eigenvalue weighted by Crippen LogP contribution is 2.32. The molecule has 7 nitrogen and oxygen atoms in total. The van der Waals surface area contributed by atoms with Crippen molar-refractivity contribution in [1.29, 1.82) is 0 Å². The zero-order chi connectivity index (χ0) is 26.7. The summed E-state index contributed by atoms with van der Waals surface area (Å²) < 4.78 is 29.8. The summed E-state index contributed by atoms with van der Waals surface area (Å²) in [6.45, 7) is 4.58. The lowest BCUT2D eigenvalue weighted by Gasteiger charge is -2.46. The Morgan fingerprint density at radius 3 is 1.39 bits per heavy atom. The third kappa shape index (κ3) is 7.29. The molecule has 0 saturated heterocycles. The topological polar surface area (TPSA) is 86.6 Å². The molecule has 1 fully saturated rings. The molecule has 202 valence electrons. The van der Waals surface area contributed by atoms with Gasteiger partial charge in [0.25, 0.3) is 0 Å². The van der Waals surface area contributed by atoms with Crippen LogP contribution in [0.4, 0.5) is 0 Å². The van der Waals surface area contributed by atoms with Gasteiger partial charge in [-0.1, -0.05) is 78.9 Å². The molecular formula is C31H36O7. The van der Waals surface area contributed by atoms with Crippen molar-refractivity contribution < 1.29 is 33.9 Å². The van der Waals surface area contributed by atoms with Gasteiger partial charge < -0.3 is 33.9 Å². The molecule has 0 radical (unpaired) electrons. The first-order valence-electron chi connectivity index (χ1n) is 12.7. The number of aliphatic hydroxyl groups excluding tert-OH is 2. The summed E-state index contributed by atoms with van der Waals surface area (Å²) in [4.78, 5) is 0. The second-order valence-electron chi connectivity index (χ2n) is 9.21. The van der Waals surface area contributed by atoms with Crippen LogP contribution in [0.15, 0.2) is 97.6 Å². The lowest BCUT2D eigenvalue weighted by molar-refractivity contribution is -0.269. The molecule has 2 N–H and O–H groups in total. The minimum absolute atomic E-state index is 0.181. The van der Waals surface area contributed by atoms with E-state index in [2.05, 4.69) is 6.58 Å². The standard InChI is InChI=1S/C31H36O7/c1-3-18-35-28-26(32)30(38-21-24-14-16-25(34-2)17-15-24)31(37-20-23-12-8-5-9-13-23)27(33)29(28)36-19-22-10-6-4-7-11-22/h3-17,26-33H,1,18-21H2,2H3/t26-,27-,28-,29-,30+,31-/m1/s1. The van der Waals surface area contributed by atoms with Gasteiger partial charge in [0.15, 0.2) is 0 Å². The monoisotopic (exact) mass is 520 g/mol. The van der Waals surface area contributed by atoms with E-state index in [0.29, 0.717) is 0 Å². The van der Waals surface area contributed by atoms with Crippen molar-refractivity contribution in [3.63, 3.8) is 0 Å². The number of aliphatic hydroxyl groups is 2. The van der Waals surface area contributed by atoms with Gasteiger partial charge in [-0.05, 0) is 28.8 Å². The molecule has 0 amide bonds. The molecule has 1 saturated carbocycles. The van der Waals surface area contributed by atoms with E-state index in [1.165, 1.54) is 0 Å². The van der Waals surface area contributed by atoms with Crippen molar-refractivity contribution in [2.45, 2.75) is 56.4 Å². The van der Waals surface area contributed by atoms with Gasteiger partial charge in [0.05, 0.1) is 33.5 Å². The van der Waals surface area contributed by atoms with Crippen LogP contribution in [0, 0.1) is 0 Å². The zero-order valence-corrected chi connectivity index (χ0v) is 21.6. The van der Waals surface area contributed by atoms with Gasteiger partial charge in [0.1, 0.15) is 42.4 Å². The molecule has 0 aromatic heterocycles. The first kappa shape index (κ1) is 28.0. The Morgan fingerprint density at radius 2 is 1.00 bits per heavy atom. The highest BCUT2D eigenvalue weighted by atomic mass is 16.6. The highest BCUT2D eigenvalue weighted by Gasteiger charge is 2.52. The Kier molecular flexibility index (Phi) is 10.5. The van der Waals surface area contributed by atoms with Crippen LogP contribution in [0.5, 0.6) is 5.75 Å². The predicted molar refractivity (Wildman–Crippen MR) is 144 cm³/mol. The van der Waals surface area contributed by atoms with Crippen molar-refractivity contribution in [2.24, 2.45) is 0 Å². The highest BCUT2D eigenvalue weighted by molar-refractivity contribution is 5.26. The molecule has 0 spiro atoms. The smallest absolute Gasteiger partial charge is 0.118 e. The maximum absolute atomic E-state index is 11.5. The fraction of sp³-hybridized carbons (Fsp3) is 0.355. The number of methoxy groups -OCH3 is 1. The third-order valence-electron chi connectivity index (χ3n) is 6.57. The maximum Gasteiger partial charge on any atom is 0.118 e. The van der Waals surface area contributed by atoms with Crippen LogP contribution < -0.4 is 4.74 Å². The Balaban J connectivity index is 1.56. The second-order valence-corrected chi connectivity index (χ2v) is 9.21. The lowest BCUT2D eigenvalue weighted by Crippen LogP contribution is -2.66. The lowest BCUT2D eigenvalue weighted by atomic mass is 9.84. The van der Waals surface area contributed by atoms with Gasteiger partial charge in [-0.3, -0.25) is 0 Å². The maximum atomic E-state index is 11.5. The first-order valence-corrected chi connectivity index (χ1v) is 12.7. The quantitative estimate of drug-likeness (QED) is 0.329. The van der Waals surface area contributed by atoms with E-state index in [4.69, 9.17) is 23.7 Å². The Labute approximate surface area is 224 Å². The summed E-state index contributed by atoms with van der Waals surface area (Å²) in [5, 5.41) is 23.0. The number of benzene rings is 3. The molecule has 0 heterocycles. The van der Waals surface area contributed by atoms with Gasteiger partial charge in [-0.15, -0.1) is 6.58 Å². The van der Waals surface area contributed by atoms with Gasteiger partial charge in [0, 0.05) is 0 Å². The molecule has 3 aromatic carbocycles. The molecule has 7 heteroatoms. The molecule has 0 aliphatic heterocycles. The summed E-state index contributed by atoms with van der Waals surface area (Å²) in [5.41, 5.74) is 2.77. The van der Waals surface area contributed by atoms with E-state index in [9.17, 15) is 10.2 Å². The van der Waals surface area contributed by atoms with Crippen molar-refractivity contribution in [3.8, 4) is 5.75 Å². The fourth-order valence-corrected chi connectivity index (χ4v) is 4.55. The van der Waals surface area contributed by atoms with E-state index >= 15 is 0 Å². The average Bonchev–Trinajstić information content (AvgIpc) is 2.96. The summed E-state index contributed by atoms with van der Waals surface area (Å²) in [5.74, 6) is 0.738. The van der Waals surface area contributed by atoms with E-state index in [1.807, 2.05) is 84.9 Å². The largest absolute Gasteiger partial charge is 0.497 e. The van der Waals surface area contributed by atoms with Crippen LogP contribution in [0.3, 0.4) is 0 Å². The average molecular weight is 521 g/mol. The molecule has 0 bridgehead atoms. The Hall–Kier alpha value is -3.04. The molecule has 1 aliphatic rings. The molecular weight excluding hydrogens is 484 g/mol. The van der Waals surface area contributed by atoms with Crippen molar-refractivity contribution in [1.82, 2.24) is 0 Å². The van der Waals surface area contributed by atoms with Gasteiger partial charge in [-0.25, -0.2) is 0 Å². The SMILES string of the molecule is C=CCO[C@@H]1[C@@H](O)[C@H](OCc2ccc(OC)cc2)[C@H](OCc2ccccc2)[C@H](O)[C@H]1OCc1ccccc1. The number of rotatable bonds is 13. The normalized spacial score (nSPS) is 25.1. The summed E-state index contributed by atoms with van der Waals surface area (Å²) in [7, 11) is 1.61. The number of hydrogen-bond donors (Lipinski definition) is 2. The Morgan fingerprint density at radius 1 is 0.605 bits per heavy atom. The second kappa shape index (κ2) is 14.2. The van der Waals surface area contributed by atoms with E-state index in [0.717, 1.165) is 22.4 Å². The summed E-state index contributed by atoms with van der Waals surface area (Å²) >= 11 is 0. The summed E-state index contributed by atoms with van der Waals surface area (Å²) in [6, 6.07) is 26.8. The Bertz CT molecular complexity index is 1090. The van der Waals surface area contributed by atoms with Crippen LogP contribution in [0.1, 0.15) is 16.7 Å².